The van der Waals surface area contributed by atoms with Gasteiger partial charge in [-0.15, -0.1) is 0 Å². The van der Waals surface area contributed by atoms with Crippen LogP contribution in [0.1, 0.15) is 34.3 Å². The molecule has 28 heavy (non-hydrogen) atoms. The zero-order valence-electron chi connectivity index (χ0n) is 15.2. The number of benzene rings is 2. The van der Waals surface area contributed by atoms with E-state index >= 15 is 0 Å². The Bertz CT molecular complexity index is 913. The topological polar surface area (TPSA) is 109 Å². The average molecular weight is 380 g/mol. The number of aliphatic carboxylic acids is 1. The van der Waals surface area contributed by atoms with Crippen LogP contribution in [0.25, 0.3) is 0 Å². The Kier molecular flexibility index (Phi) is 5.92. The van der Waals surface area contributed by atoms with E-state index in [0.29, 0.717) is 42.9 Å². The number of carboxylic acid groups (broad SMARTS) is 1. The fourth-order valence-electron chi connectivity index (χ4n) is 3.25. The molecule has 0 saturated carbocycles. The lowest BCUT2D eigenvalue weighted by Gasteiger charge is -2.38. The number of hydrogen-bond acceptors (Lipinski definition) is 5. The number of nitriles is 1. The van der Waals surface area contributed by atoms with Crippen LogP contribution in [-0.4, -0.2) is 36.8 Å². The van der Waals surface area contributed by atoms with Gasteiger partial charge in [0.2, 0.25) is 0 Å². The van der Waals surface area contributed by atoms with Gasteiger partial charge < -0.3 is 19.9 Å². The normalized spacial score (nSPS) is 15.2. The third-order valence-corrected chi connectivity index (χ3v) is 4.70. The van der Waals surface area contributed by atoms with Crippen LogP contribution in [0.3, 0.4) is 0 Å². The third-order valence-electron chi connectivity index (χ3n) is 4.70. The Balaban J connectivity index is 1.85. The largest absolute Gasteiger partial charge is 0.482 e. The number of nitrogens with zero attached hydrogens (tertiary/aromatic N) is 1. The highest BCUT2D eigenvalue weighted by Crippen LogP contribution is 2.33. The molecule has 0 unspecified atom stereocenters. The molecule has 0 atom stereocenters. The van der Waals surface area contributed by atoms with Crippen molar-refractivity contribution in [3.05, 3.63) is 65.2 Å². The molecule has 7 nitrogen and oxygen atoms in total. The van der Waals surface area contributed by atoms with Crippen molar-refractivity contribution in [3.63, 3.8) is 0 Å². The lowest BCUT2D eigenvalue weighted by molar-refractivity contribution is -0.139. The summed E-state index contributed by atoms with van der Waals surface area (Å²) >= 11 is 0. The van der Waals surface area contributed by atoms with Gasteiger partial charge in [-0.2, -0.15) is 5.26 Å². The molecule has 1 saturated heterocycles. The Hall–Kier alpha value is -3.37. The molecule has 0 radical (unpaired) electrons. The number of ether oxygens (including phenoxy) is 2. The molecular formula is C21H20N2O5. The minimum Gasteiger partial charge on any atom is -0.482 e. The van der Waals surface area contributed by atoms with E-state index < -0.39 is 18.1 Å². The maximum atomic E-state index is 12.9. The van der Waals surface area contributed by atoms with Gasteiger partial charge in [0.1, 0.15) is 5.75 Å². The van der Waals surface area contributed by atoms with E-state index in [1.165, 1.54) is 6.07 Å². The number of amides is 1. The van der Waals surface area contributed by atoms with Crippen molar-refractivity contribution < 1.29 is 24.2 Å². The van der Waals surface area contributed by atoms with Gasteiger partial charge in [-0.1, -0.05) is 18.2 Å². The van der Waals surface area contributed by atoms with Crippen molar-refractivity contribution in [1.82, 2.24) is 5.32 Å². The monoisotopic (exact) mass is 380 g/mol. The van der Waals surface area contributed by atoms with E-state index in [-0.39, 0.29) is 5.91 Å². The highest BCUT2D eigenvalue weighted by molar-refractivity contribution is 5.95. The van der Waals surface area contributed by atoms with Crippen molar-refractivity contribution in [2.75, 3.05) is 19.8 Å². The van der Waals surface area contributed by atoms with Crippen LogP contribution in [0, 0.1) is 11.3 Å². The summed E-state index contributed by atoms with van der Waals surface area (Å²) in [7, 11) is 0. The molecule has 1 heterocycles. The molecule has 1 fully saturated rings. The quantitative estimate of drug-likeness (QED) is 0.797. The minimum absolute atomic E-state index is 0.301. The number of carboxylic acids is 1. The fraction of sp³-hybridized carbons (Fsp3) is 0.286. The highest BCUT2D eigenvalue weighted by atomic mass is 16.5. The lowest BCUT2D eigenvalue weighted by Crippen LogP contribution is -2.49. The SMILES string of the molecule is N#Cc1cccc(C2(NC(=O)c3cccc(OCC(=O)O)c3)CCOCC2)c1. The van der Waals surface area contributed by atoms with Gasteiger partial charge in [-0.05, 0) is 48.7 Å². The molecule has 0 bridgehead atoms. The van der Waals surface area contributed by atoms with Crippen LogP contribution < -0.4 is 10.1 Å². The smallest absolute Gasteiger partial charge is 0.341 e. The van der Waals surface area contributed by atoms with Gasteiger partial charge >= 0.3 is 5.97 Å². The van der Waals surface area contributed by atoms with Gasteiger partial charge in [0, 0.05) is 18.8 Å². The van der Waals surface area contributed by atoms with Crippen LogP contribution in [0.4, 0.5) is 0 Å². The second kappa shape index (κ2) is 8.55. The first-order valence-electron chi connectivity index (χ1n) is 8.88. The Labute approximate surface area is 162 Å². The van der Waals surface area contributed by atoms with Gasteiger partial charge in [-0.25, -0.2) is 4.79 Å². The predicted molar refractivity (Wildman–Crippen MR) is 99.9 cm³/mol. The summed E-state index contributed by atoms with van der Waals surface area (Å²) in [6.45, 7) is 0.519. The van der Waals surface area contributed by atoms with E-state index in [9.17, 15) is 14.9 Å². The molecular weight excluding hydrogens is 360 g/mol. The minimum atomic E-state index is -1.09. The Morgan fingerprint density at radius 3 is 2.64 bits per heavy atom. The zero-order chi connectivity index (χ0) is 20.0. The standard InChI is InChI=1S/C21H20N2O5/c22-13-15-3-1-5-17(11-15)21(7-9-27-10-8-21)23-20(26)16-4-2-6-18(12-16)28-14-19(24)25/h1-6,11-12H,7-10,14H2,(H,23,26)(H,24,25). The van der Waals surface area contributed by atoms with E-state index in [1.54, 1.807) is 36.4 Å². The van der Waals surface area contributed by atoms with Crippen molar-refractivity contribution in [2.45, 2.75) is 18.4 Å². The summed E-state index contributed by atoms with van der Waals surface area (Å²) in [5.41, 5.74) is 1.12. The van der Waals surface area contributed by atoms with Gasteiger partial charge in [0.25, 0.3) is 5.91 Å². The van der Waals surface area contributed by atoms with Crippen LogP contribution in [0.5, 0.6) is 5.75 Å². The van der Waals surface area contributed by atoms with Gasteiger partial charge in [0.15, 0.2) is 6.61 Å². The molecule has 0 spiro atoms. The van der Waals surface area contributed by atoms with Crippen LogP contribution >= 0.6 is 0 Å². The first-order valence-corrected chi connectivity index (χ1v) is 8.88. The van der Waals surface area contributed by atoms with Crippen LogP contribution in [-0.2, 0) is 15.1 Å². The molecule has 2 N–H and O–H groups in total. The maximum Gasteiger partial charge on any atom is 0.341 e. The molecule has 2 aromatic rings. The molecule has 0 aliphatic carbocycles. The van der Waals surface area contributed by atoms with E-state index in [0.717, 1.165) is 5.56 Å². The number of nitrogens with one attached hydrogen (secondary N) is 1. The third kappa shape index (κ3) is 4.48. The molecule has 7 heteroatoms. The van der Waals surface area contributed by atoms with Crippen LogP contribution in [0.15, 0.2) is 48.5 Å². The van der Waals surface area contributed by atoms with E-state index in [2.05, 4.69) is 11.4 Å². The van der Waals surface area contributed by atoms with Crippen molar-refractivity contribution in [1.29, 1.82) is 5.26 Å². The number of carbonyl (C=O) groups is 2. The maximum absolute atomic E-state index is 12.9. The Morgan fingerprint density at radius 2 is 1.93 bits per heavy atom. The van der Waals surface area contributed by atoms with E-state index in [4.69, 9.17) is 14.6 Å². The number of carbonyl (C=O) groups excluding carboxylic acids is 1. The molecule has 1 aliphatic heterocycles. The number of hydrogen-bond donors (Lipinski definition) is 2. The molecule has 3 rings (SSSR count). The first-order chi connectivity index (χ1) is 13.5. The zero-order valence-corrected chi connectivity index (χ0v) is 15.2. The summed E-state index contributed by atoms with van der Waals surface area (Å²) in [6, 6.07) is 15.7. The second-order valence-corrected chi connectivity index (χ2v) is 6.55. The fourth-order valence-corrected chi connectivity index (χ4v) is 3.25. The number of rotatable bonds is 6. The predicted octanol–water partition coefficient (Wildman–Crippen LogP) is 2.46. The Morgan fingerprint density at radius 1 is 1.18 bits per heavy atom. The summed E-state index contributed by atoms with van der Waals surface area (Å²) in [5, 5.41) is 21.0. The van der Waals surface area contributed by atoms with Gasteiger partial charge in [-0.3, -0.25) is 4.79 Å². The van der Waals surface area contributed by atoms with Crippen molar-refractivity contribution in [3.8, 4) is 11.8 Å². The molecule has 144 valence electrons. The molecule has 1 aliphatic rings. The van der Waals surface area contributed by atoms with Crippen LogP contribution in [0.2, 0.25) is 0 Å². The van der Waals surface area contributed by atoms with Crippen molar-refractivity contribution >= 4 is 11.9 Å². The summed E-state index contributed by atoms with van der Waals surface area (Å²) < 4.78 is 10.6. The second-order valence-electron chi connectivity index (χ2n) is 6.55. The average Bonchev–Trinajstić information content (AvgIpc) is 2.73. The van der Waals surface area contributed by atoms with Gasteiger partial charge in [0.05, 0.1) is 17.2 Å². The van der Waals surface area contributed by atoms with Crippen molar-refractivity contribution in [2.24, 2.45) is 0 Å². The highest BCUT2D eigenvalue weighted by Gasteiger charge is 2.36. The lowest BCUT2D eigenvalue weighted by atomic mass is 9.81. The molecule has 2 aromatic carbocycles. The molecule has 0 aromatic heterocycles. The molecule has 1 amide bonds. The summed E-state index contributed by atoms with van der Waals surface area (Å²) in [4.78, 5) is 23.6. The first kappa shape index (κ1) is 19.4. The van der Waals surface area contributed by atoms with E-state index in [1.807, 2.05) is 6.07 Å². The summed E-state index contributed by atoms with van der Waals surface area (Å²) in [6.07, 6.45) is 1.17. The summed E-state index contributed by atoms with van der Waals surface area (Å²) in [5.74, 6) is -1.08.